The Hall–Kier alpha value is -1.86. The van der Waals surface area contributed by atoms with E-state index in [2.05, 4.69) is 43.0 Å². The van der Waals surface area contributed by atoms with E-state index in [9.17, 15) is 5.11 Å². The molecule has 0 saturated heterocycles. The predicted molar refractivity (Wildman–Crippen MR) is 76.4 cm³/mol. The van der Waals surface area contributed by atoms with Crippen molar-refractivity contribution in [3.63, 3.8) is 0 Å². The second-order valence-corrected chi connectivity index (χ2v) is 4.45. The van der Waals surface area contributed by atoms with E-state index in [1.165, 1.54) is 11.1 Å². The van der Waals surface area contributed by atoms with Gasteiger partial charge in [-0.1, -0.05) is 60.7 Å². The fraction of sp³-hybridized carbons (Fsp3) is 0.176. The Balaban J connectivity index is 2.08. The Morgan fingerprint density at radius 3 is 2.17 bits per heavy atom. The van der Waals surface area contributed by atoms with Crippen molar-refractivity contribution in [1.82, 2.24) is 0 Å². The molecule has 0 aliphatic rings. The molecule has 0 radical (unpaired) electrons. The molecule has 0 aromatic heterocycles. The van der Waals surface area contributed by atoms with Crippen LogP contribution >= 0.6 is 0 Å². The van der Waals surface area contributed by atoms with Crippen LogP contribution in [0.3, 0.4) is 0 Å². The van der Waals surface area contributed by atoms with Gasteiger partial charge in [0.25, 0.3) is 0 Å². The summed E-state index contributed by atoms with van der Waals surface area (Å²) in [6.07, 6.45) is 2.75. The Bertz CT molecular complexity index is 485. The molecule has 0 heterocycles. The summed E-state index contributed by atoms with van der Waals surface area (Å²) >= 11 is 0. The van der Waals surface area contributed by atoms with Crippen LogP contribution in [0.25, 0.3) is 11.1 Å². The fourth-order valence-electron chi connectivity index (χ4n) is 2.01. The van der Waals surface area contributed by atoms with Gasteiger partial charge >= 0.3 is 0 Å². The molecule has 0 aliphatic carbocycles. The summed E-state index contributed by atoms with van der Waals surface area (Å²) < 4.78 is 0. The van der Waals surface area contributed by atoms with Crippen LogP contribution in [0.1, 0.15) is 12.0 Å². The van der Waals surface area contributed by atoms with E-state index in [1.54, 1.807) is 6.08 Å². The lowest BCUT2D eigenvalue weighted by Crippen LogP contribution is -2.08. The molecule has 1 heteroatoms. The van der Waals surface area contributed by atoms with Crippen molar-refractivity contribution in [3.05, 3.63) is 72.8 Å². The highest BCUT2D eigenvalue weighted by molar-refractivity contribution is 5.63. The van der Waals surface area contributed by atoms with Gasteiger partial charge in [0.15, 0.2) is 0 Å². The zero-order valence-corrected chi connectivity index (χ0v) is 10.4. The van der Waals surface area contributed by atoms with Gasteiger partial charge in [0, 0.05) is 0 Å². The van der Waals surface area contributed by atoms with Crippen LogP contribution in [0.2, 0.25) is 0 Å². The minimum Gasteiger partial charge on any atom is -0.392 e. The van der Waals surface area contributed by atoms with Crippen LogP contribution in [0.4, 0.5) is 0 Å². The Morgan fingerprint density at radius 2 is 1.56 bits per heavy atom. The van der Waals surface area contributed by atoms with Gasteiger partial charge in [-0.05, 0) is 29.5 Å². The molecule has 1 nitrogen and oxygen atoms in total. The van der Waals surface area contributed by atoms with E-state index in [0.717, 1.165) is 5.56 Å². The topological polar surface area (TPSA) is 20.2 Å². The first-order chi connectivity index (χ1) is 8.79. The van der Waals surface area contributed by atoms with E-state index >= 15 is 0 Å². The first kappa shape index (κ1) is 12.6. The molecule has 1 unspecified atom stereocenters. The van der Waals surface area contributed by atoms with Gasteiger partial charge in [0.2, 0.25) is 0 Å². The first-order valence-corrected chi connectivity index (χ1v) is 6.23. The highest BCUT2D eigenvalue weighted by Crippen LogP contribution is 2.19. The second-order valence-electron chi connectivity index (χ2n) is 4.45. The maximum absolute atomic E-state index is 9.72. The molecule has 92 valence electrons. The molecule has 0 fully saturated rings. The van der Waals surface area contributed by atoms with Gasteiger partial charge in [0.05, 0.1) is 6.10 Å². The number of aliphatic hydroxyl groups excluding tert-OH is 1. The van der Waals surface area contributed by atoms with E-state index in [-0.39, 0.29) is 6.10 Å². The monoisotopic (exact) mass is 238 g/mol. The standard InChI is InChI=1S/C17H18O/c1-2-6-17(18)13-14-9-11-16(12-10-14)15-7-4-3-5-8-15/h2-5,7-12,17-18H,1,6,13H2. The van der Waals surface area contributed by atoms with Crippen LogP contribution in [-0.2, 0) is 6.42 Å². The molecule has 2 aromatic rings. The van der Waals surface area contributed by atoms with Crippen molar-refractivity contribution in [2.45, 2.75) is 18.9 Å². The largest absolute Gasteiger partial charge is 0.392 e. The smallest absolute Gasteiger partial charge is 0.0614 e. The number of benzene rings is 2. The van der Waals surface area contributed by atoms with Gasteiger partial charge < -0.3 is 5.11 Å². The van der Waals surface area contributed by atoms with Gasteiger partial charge in [-0.3, -0.25) is 0 Å². The summed E-state index contributed by atoms with van der Waals surface area (Å²) in [5.41, 5.74) is 3.58. The third kappa shape index (κ3) is 3.31. The molecule has 0 spiro atoms. The van der Waals surface area contributed by atoms with Crippen molar-refractivity contribution < 1.29 is 5.11 Å². The van der Waals surface area contributed by atoms with Crippen LogP contribution in [0, 0.1) is 0 Å². The van der Waals surface area contributed by atoms with Gasteiger partial charge in [-0.15, -0.1) is 6.58 Å². The van der Waals surface area contributed by atoms with Crippen molar-refractivity contribution in [1.29, 1.82) is 0 Å². The average Bonchev–Trinajstić information content (AvgIpc) is 2.41. The molecule has 0 aliphatic heterocycles. The molecule has 0 saturated carbocycles. The molecule has 2 aromatic carbocycles. The lowest BCUT2D eigenvalue weighted by Gasteiger charge is -2.08. The number of hydrogen-bond donors (Lipinski definition) is 1. The molecule has 1 atom stereocenters. The molecular formula is C17H18O. The summed E-state index contributed by atoms with van der Waals surface area (Å²) in [4.78, 5) is 0. The summed E-state index contributed by atoms with van der Waals surface area (Å²) in [6, 6.07) is 18.7. The van der Waals surface area contributed by atoms with E-state index in [4.69, 9.17) is 0 Å². The van der Waals surface area contributed by atoms with Crippen molar-refractivity contribution >= 4 is 0 Å². The van der Waals surface area contributed by atoms with Gasteiger partial charge in [-0.25, -0.2) is 0 Å². The number of aliphatic hydroxyl groups is 1. The summed E-state index contributed by atoms with van der Waals surface area (Å²) in [5.74, 6) is 0. The quantitative estimate of drug-likeness (QED) is 0.785. The maximum atomic E-state index is 9.72. The predicted octanol–water partition coefficient (Wildman–Crippen LogP) is 3.83. The summed E-state index contributed by atoms with van der Waals surface area (Å²) in [7, 11) is 0. The third-order valence-corrected chi connectivity index (χ3v) is 2.97. The van der Waals surface area contributed by atoms with Crippen molar-refractivity contribution in [2.24, 2.45) is 0 Å². The highest BCUT2D eigenvalue weighted by Gasteiger charge is 2.03. The minimum absolute atomic E-state index is 0.329. The summed E-state index contributed by atoms with van der Waals surface area (Å²) in [6.45, 7) is 3.64. The lowest BCUT2D eigenvalue weighted by atomic mass is 10.0. The van der Waals surface area contributed by atoms with Crippen LogP contribution in [-0.4, -0.2) is 11.2 Å². The van der Waals surface area contributed by atoms with Crippen LogP contribution in [0.15, 0.2) is 67.3 Å². The minimum atomic E-state index is -0.329. The fourth-order valence-corrected chi connectivity index (χ4v) is 2.01. The third-order valence-electron chi connectivity index (χ3n) is 2.97. The highest BCUT2D eigenvalue weighted by atomic mass is 16.3. The first-order valence-electron chi connectivity index (χ1n) is 6.23. The van der Waals surface area contributed by atoms with Crippen molar-refractivity contribution in [3.8, 4) is 11.1 Å². The lowest BCUT2D eigenvalue weighted by molar-refractivity contribution is 0.178. The SMILES string of the molecule is C=CCC(O)Cc1ccc(-c2ccccc2)cc1. The average molecular weight is 238 g/mol. The van der Waals surface area contributed by atoms with Gasteiger partial charge in [-0.2, -0.15) is 0 Å². The number of hydrogen-bond acceptors (Lipinski definition) is 1. The molecule has 0 amide bonds. The van der Waals surface area contributed by atoms with E-state index in [0.29, 0.717) is 12.8 Å². The Morgan fingerprint density at radius 1 is 0.944 bits per heavy atom. The van der Waals surface area contributed by atoms with E-state index < -0.39 is 0 Å². The van der Waals surface area contributed by atoms with Crippen LogP contribution in [0.5, 0.6) is 0 Å². The molecular weight excluding hydrogens is 220 g/mol. The molecule has 2 rings (SSSR count). The zero-order chi connectivity index (χ0) is 12.8. The summed E-state index contributed by atoms with van der Waals surface area (Å²) in [5, 5.41) is 9.72. The molecule has 0 bridgehead atoms. The maximum Gasteiger partial charge on any atom is 0.0614 e. The Kier molecular flexibility index (Phi) is 4.32. The van der Waals surface area contributed by atoms with Crippen LogP contribution < -0.4 is 0 Å². The second kappa shape index (κ2) is 6.18. The number of rotatable bonds is 5. The van der Waals surface area contributed by atoms with E-state index in [1.807, 2.05) is 18.2 Å². The van der Waals surface area contributed by atoms with Crippen molar-refractivity contribution in [2.75, 3.05) is 0 Å². The van der Waals surface area contributed by atoms with Gasteiger partial charge in [0.1, 0.15) is 0 Å². The zero-order valence-electron chi connectivity index (χ0n) is 10.4. The molecule has 18 heavy (non-hydrogen) atoms. The normalized spacial score (nSPS) is 12.1. The molecule has 1 N–H and O–H groups in total. The Labute approximate surface area is 108 Å².